The van der Waals surface area contributed by atoms with Gasteiger partial charge >= 0.3 is 0 Å². The monoisotopic (exact) mass is 322 g/mol. The molecule has 6 heteroatoms. The molecule has 0 atom stereocenters. The van der Waals surface area contributed by atoms with E-state index in [-0.39, 0.29) is 5.91 Å². The Morgan fingerprint density at radius 2 is 2.17 bits per heavy atom. The highest BCUT2D eigenvalue weighted by atomic mass is 16.5. The van der Waals surface area contributed by atoms with Gasteiger partial charge in [-0.3, -0.25) is 4.79 Å². The topological polar surface area (TPSA) is 69.0 Å². The first-order chi connectivity index (χ1) is 11.8. The number of nitrogens with zero attached hydrogens (tertiary/aromatic N) is 3. The lowest BCUT2D eigenvalue weighted by Gasteiger charge is -2.10. The highest BCUT2D eigenvalue weighted by Crippen LogP contribution is 2.15. The maximum absolute atomic E-state index is 12.4. The molecule has 3 rings (SSSR count). The second-order valence-electron chi connectivity index (χ2n) is 5.10. The summed E-state index contributed by atoms with van der Waals surface area (Å²) in [7, 11) is 0. The van der Waals surface area contributed by atoms with Crippen molar-refractivity contribution in [2.75, 3.05) is 6.61 Å². The van der Waals surface area contributed by atoms with E-state index in [1.807, 2.05) is 48.0 Å². The van der Waals surface area contributed by atoms with Crippen LogP contribution in [-0.2, 0) is 6.54 Å². The van der Waals surface area contributed by atoms with E-state index in [9.17, 15) is 4.79 Å². The lowest BCUT2D eigenvalue weighted by atomic mass is 10.1. The number of pyridine rings is 1. The van der Waals surface area contributed by atoms with Crippen molar-refractivity contribution < 1.29 is 9.53 Å². The van der Waals surface area contributed by atoms with Gasteiger partial charge in [0.15, 0.2) is 0 Å². The number of ether oxygens (including phenoxy) is 1. The zero-order valence-corrected chi connectivity index (χ0v) is 13.3. The van der Waals surface area contributed by atoms with E-state index in [0.29, 0.717) is 24.6 Å². The second kappa shape index (κ2) is 7.41. The van der Waals surface area contributed by atoms with Crippen molar-refractivity contribution in [3.8, 4) is 11.6 Å². The van der Waals surface area contributed by atoms with Gasteiger partial charge in [-0.15, -0.1) is 0 Å². The normalized spacial score (nSPS) is 10.4. The Kier molecular flexibility index (Phi) is 4.86. The fourth-order valence-corrected chi connectivity index (χ4v) is 2.32. The van der Waals surface area contributed by atoms with Crippen LogP contribution >= 0.6 is 0 Å². The average molecular weight is 322 g/mol. The first kappa shape index (κ1) is 15.7. The lowest BCUT2D eigenvalue weighted by molar-refractivity contribution is 0.0950. The Morgan fingerprint density at radius 3 is 2.96 bits per heavy atom. The molecule has 0 saturated heterocycles. The van der Waals surface area contributed by atoms with E-state index >= 15 is 0 Å². The summed E-state index contributed by atoms with van der Waals surface area (Å²) in [5.41, 5.74) is 2.32. The zero-order chi connectivity index (χ0) is 16.8. The molecule has 24 heavy (non-hydrogen) atoms. The number of benzene rings is 1. The Bertz CT molecular complexity index is 815. The molecule has 0 bridgehead atoms. The number of carbonyl (C=O) groups is 1. The average Bonchev–Trinajstić information content (AvgIpc) is 3.16. The minimum absolute atomic E-state index is 0.150. The lowest BCUT2D eigenvalue weighted by Crippen LogP contribution is -2.23. The molecule has 0 radical (unpaired) electrons. The molecule has 122 valence electrons. The van der Waals surface area contributed by atoms with Crippen molar-refractivity contribution in [3.05, 3.63) is 72.4 Å². The predicted octanol–water partition coefficient (Wildman–Crippen LogP) is 2.60. The van der Waals surface area contributed by atoms with Crippen LogP contribution < -0.4 is 10.1 Å². The number of imidazole rings is 1. The molecule has 0 aliphatic carbocycles. The highest BCUT2D eigenvalue weighted by Gasteiger charge is 2.09. The maximum atomic E-state index is 12.4. The summed E-state index contributed by atoms with van der Waals surface area (Å²) in [6.45, 7) is 2.79. The van der Waals surface area contributed by atoms with Crippen molar-refractivity contribution in [1.29, 1.82) is 0 Å². The number of hydrogen-bond donors (Lipinski definition) is 1. The van der Waals surface area contributed by atoms with Crippen LogP contribution in [0.1, 0.15) is 22.8 Å². The van der Waals surface area contributed by atoms with Gasteiger partial charge in [-0.05, 0) is 31.2 Å². The number of rotatable bonds is 6. The van der Waals surface area contributed by atoms with Crippen molar-refractivity contribution in [1.82, 2.24) is 19.9 Å². The number of nitrogens with one attached hydrogen (secondary N) is 1. The van der Waals surface area contributed by atoms with Gasteiger partial charge in [0.25, 0.3) is 5.91 Å². The summed E-state index contributed by atoms with van der Waals surface area (Å²) < 4.78 is 7.32. The maximum Gasteiger partial charge on any atom is 0.251 e. The molecular weight excluding hydrogens is 304 g/mol. The molecule has 0 aliphatic heterocycles. The summed E-state index contributed by atoms with van der Waals surface area (Å²) in [5, 5.41) is 2.90. The third kappa shape index (κ3) is 3.60. The Hall–Kier alpha value is -3.15. The van der Waals surface area contributed by atoms with Gasteiger partial charge in [-0.25, -0.2) is 9.97 Å². The van der Waals surface area contributed by atoms with Gasteiger partial charge in [-0.1, -0.05) is 12.1 Å². The van der Waals surface area contributed by atoms with E-state index in [0.717, 1.165) is 11.3 Å². The molecule has 2 heterocycles. The third-order valence-corrected chi connectivity index (χ3v) is 3.48. The van der Waals surface area contributed by atoms with Gasteiger partial charge in [0.2, 0.25) is 5.88 Å². The molecular formula is C18H18N4O2. The van der Waals surface area contributed by atoms with Crippen LogP contribution in [0.2, 0.25) is 0 Å². The molecule has 0 aliphatic rings. The fourth-order valence-electron chi connectivity index (χ4n) is 2.32. The number of aromatic nitrogens is 3. The standard InChI is InChI=1S/C18H18N4O2/c1-2-24-18-15(6-4-8-20-18)12-21-17(23)14-5-3-7-16(11-14)22-10-9-19-13-22/h3-11,13H,2,12H2,1H3,(H,21,23). The van der Waals surface area contributed by atoms with E-state index in [1.165, 1.54) is 0 Å². The summed E-state index contributed by atoms with van der Waals surface area (Å²) in [6, 6.07) is 11.1. The van der Waals surface area contributed by atoms with Crippen LogP contribution in [0.5, 0.6) is 5.88 Å². The quantitative estimate of drug-likeness (QED) is 0.757. The number of hydrogen-bond acceptors (Lipinski definition) is 4. The first-order valence-corrected chi connectivity index (χ1v) is 7.71. The van der Waals surface area contributed by atoms with Gasteiger partial charge in [-0.2, -0.15) is 0 Å². The first-order valence-electron chi connectivity index (χ1n) is 7.71. The SMILES string of the molecule is CCOc1ncccc1CNC(=O)c1cccc(-n2ccnc2)c1. The van der Waals surface area contributed by atoms with E-state index < -0.39 is 0 Å². The summed E-state index contributed by atoms with van der Waals surface area (Å²) in [6.07, 6.45) is 6.90. The van der Waals surface area contributed by atoms with Crippen LogP contribution in [0.25, 0.3) is 5.69 Å². The molecule has 3 aromatic rings. The summed E-state index contributed by atoms with van der Waals surface area (Å²) in [4.78, 5) is 20.6. The number of carbonyl (C=O) groups excluding carboxylic acids is 1. The molecule has 1 N–H and O–H groups in total. The molecule has 0 unspecified atom stereocenters. The third-order valence-electron chi connectivity index (χ3n) is 3.48. The molecule has 1 amide bonds. The molecule has 2 aromatic heterocycles. The van der Waals surface area contributed by atoms with Gasteiger partial charge < -0.3 is 14.6 Å². The van der Waals surface area contributed by atoms with Crippen LogP contribution in [0, 0.1) is 0 Å². The molecule has 0 fully saturated rings. The molecule has 0 spiro atoms. The molecule has 0 saturated carbocycles. The largest absolute Gasteiger partial charge is 0.478 e. The van der Waals surface area contributed by atoms with Crippen molar-refractivity contribution >= 4 is 5.91 Å². The zero-order valence-electron chi connectivity index (χ0n) is 13.3. The van der Waals surface area contributed by atoms with Crippen LogP contribution in [-0.4, -0.2) is 27.0 Å². The molecule has 6 nitrogen and oxygen atoms in total. The summed E-state index contributed by atoms with van der Waals surface area (Å²) >= 11 is 0. The second-order valence-corrected chi connectivity index (χ2v) is 5.10. The van der Waals surface area contributed by atoms with Crippen LogP contribution in [0.15, 0.2) is 61.3 Å². The van der Waals surface area contributed by atoms with Crippen molar-refractivity contribution in [2.45, 2.75) is 13.5 Å². The smallest absolute Gasteiger partial charge is 0.251 e. The Labute approximate surface area is 140 Å². The van der Waals surface area contributed by atoms with Crippen molar-refractivity contribution in [3.63, 3.8) is 0 Å². The van der Waals surface area contributed by atoms with Crippen LogP contribution in [0.4, 0.5) is 0 Å². The minimum Gasteiger partial charge on any atom is -0.478 e. The minimum atomic E-state index is -0.150. The van der Waals surface area contributed by atoms with Gasteiger partial charge in [0.1, 0.15) is 0 Å². The van der Waals surface area contributed by atoms with Gasteiger partial charge in [0, 0.05) is 41.9 Å². The summed E-state index contributed by atoms with van der Waals surface area (Å²) in [5.74, 6) is 0.399. The van der Waals surface area contributed by atoms with Crippen molar-refractivity contribution in [2.24, 2.45) is 0 Å². The molecule has 1 aromatic carbocycles. The van der Waals surface area contributed by atoms with E-state index in [2.05, 4.69) is 15.3 Å². The number of amides is 1. The van der Waals surface area contributed by atoms with E-state index in [4.69, 9.17) is 4.74 Å². The Balaban J connectivity index is 1.71. The fraction of sp³-hybridized carbons (Fsp3) is 0.167. The van der Waals surface area contributed by atoms with Crippen LogP contribution in [0.3, 0.4) is 0 Å². The van der Waals surface area contributed by atoms with E-state index in [1.54, 1.807) is 24.8 Å². The van der Waals surface area contributed by atoms with Gasteiger partial charge in [0.05, 0.1) is 12.9 Å². The highest BCUT2D eigenvalue weighted by molar-refractivity contribution is 5.94. The predicted molar refractivity (Wildman–Crippen MR) is 90.1 cm³/mol. The Morgan fingerprint density at radius 1 is 1.25 bits per heavy atom.